The van der Waals surface area contributed by atoms with E-state index < -0.39 is 0 Å². The summed E-state index contributed by atoms with van der Waals surface area (Å²) in [6, 6.07) is 17.0. The van der Waals surface area contributed by atoms with Crippen LogP contribution in [-0.2, 0) is 0 Å². The van der Waals surface area contributed by atoms with Crippen molar-refractivity contribution in [3.63, 3.8) is 0 Å². The van der Waals surface area contributed by atoms with Gasteiger partial charge in [0.25, 0.3) is 0 Å². The monoisotopic (exact) mass is 226 g/mol. The van der Waals surface area contributed by atoms with Gasteiger partial charge in [-0.3, -0.25) is 0 Å². The van der Waals surface area contributed by atoms with E-state index in [1.165, 1.54) is 16.0 Å². The minimum Gasteiger partial charge on any atom is -0.129 e. The zero-order valence-electron chi connectivity index (χ0n) is 9.31. The standard InChI is InChI=1S/C15H14S/c1-3-12-8-10-13(11-9-12)14-6-4-5-7-15(14)16-2/h3-11H,1H2,2H3. The second-order valence-corrected chi connectivity index (χ2v) is 4.37. The van der Waals surface area contributed by atoms with Gasteiger partial charge in [-0.2, -0.15) is 0 Å². The van der Waals surface area contributed by atoms with E-state index in [1.54, 1.807) is 11.8 Å². The van der Waals surface area contributed by atoms with Crippen molar-refractivity contribution in [3.8, 4) is 11.1 Å². The van der Waals surface area contributed by atoms with Crippen molar-refractivity contribution >= 4 is 17.8 Å². The van der Waals surface area contributed by atoms with Gasteiger partial charge in [0, 0.05) is 4.90 Å². The highest BCUT2D eigenvalue weighted by Crippen LogP contribution is 2.29. The second kappa shape index (κ2) is 5.04. The maximum atomic E-state index is 3.76. The van der Waals surface area contributed by atoms with Gasteiger partial charge in [0.05, 0.1) is 0 Å². The van der Waals surface area contributed by atoms with Gasteiger partial charge in [-0.15, -0.1) is 11.8 Å². The molecule has 0 N–H and O–H groups in total. The second-order valence-electron chi connectivity index (χ2n) is 3.53. The van der Waals surface area contributed by atoms with Gasteiger partial charge >= 0.3 is 0 Å². The lowest BCUT2D eigenvalue weighted by molar-refractivity contribution is 1.45. The Labute approximate surface area is 101 Å². The first-order valence-corrected chi connectivity index (χ1v) is 6.43. The molecule has 0 aliphatic heterocycles. The number of thioether (sulfide) groups is 1. The van der Waals surface area contributed by atoms with Gasteiger partial charge < -0.3 is 0 Å². The Balaban J connectivity index is 2.45. The minimum atomic E-state index is 1.16. The fourth-order valence-corrected chi connectivity index (χ4v) is 2.30. The molecule has 0 radical (unpaired) electrons. The van der Waals surface area contributed by atoms with Crippen molar-refractivity contribution in [2.24, 2.45) is 0 Å². The van der Waals surface area contributed by atoms with E-state index >= 15 is 0 Å². The molecule has 0 spiro atoms. The third-order valence-corrected chi connectivity index (χ3v) is 3.36. The van der Waals surface area contributed by atoms with E-state index in [9.17, 15) is 0 Å². The van der Waals surface area contributed by atoms with Crippen LogP contribution in [0.1, 0.15) is 5.56 Å². The molecule has 80 valence electrons. The Bertz CT molecular complexity index is 483. The topological polar surface area (TPSA) is 0 Å². The molecule has 0 aliphatic carbocycles. The summed E-state index contributed by atoms with van der Waals surface area (Å²) in [4.78, 5) is 1.31. The third kappa shape index (κ3) is 2.20. The van der Waals surface area contributed by atoms with Crippen molar-refractivity contribution in [1.29, 1.82) is 0 Å². The van der Waals surface area contributed by atoms with Crippen LogP contribution in [-0.4, -0.2) is 6.26 Å². The fourth-order valence-electron chi connectivity index (χ4n) is 1.68. The molecule has 0 aromatic heterocycles. The van der Waals surface area contributed by atoms with Crippen molar-refractivity contribution in [2.75, 3.05) is 6.26 Å². The van der Waals surface area contributed by atoms with E-state index in [4.69, 9.17) is 0 Å². The molecule has 0 bridgehead atoms. The van der Waals surface area contributed by atoms with Gasteiger partial charge in [0.2, 0.25) is 0 Å². The summed E-state index contributed by atoms with van der Waals surface area (Å²) in [6.45, 7) is 3.76. The average molecular weight is 226 g/mol. The molecule has 0 unspecified atom stereocenters. The summed E-state index contributed by atoms with van der Waals surface area (Å²) >= 11 is 1.78. The Morgan fingerprint density at radius 3 is 2.31 bits per heavy atom. The molecule has 0 amide bonds. The molecule has 0 saturated heterocycles. The molecule has 0 heterocycles. The van der Waals surface area contributed by atoms with Crippen LogP contribution in [0.2, 0.25) is 0 Å². The van der Waals surface area contributed by atoms with Crippen LogP contribution in [0, 0.1) is 0 Å². The Morgan fingerprint density at radius 1 is 1.00 bits per heavy atom. The summed E-state index contributed by atoms with van der Waals surface area (Å²) < 4.78 is 0. The van der Waals surface area contributed by atoms with Crippen LogP contribution in [0.5, 0.6) is 0 Å². The minimum absolute atomic E-state index is 1.16. The zero-order valence-corrected chi connectivity index (χ0v) is 10.1. The van der Waals surface area contributed by atoms with Crippen LogP contribution in [0.3, 0.4) is 0 Å². The Morgan fingerprint density at radius 2 is 1.69 bits per heavy atom. The van der Waals surface area contributed by atoms with Crippen molar-refractivity contribution in [3.05, 3.63) is 60.7 Å². The molecule has 2 aromatic carbocycles. The SMILES string of the molecule is C=Cc1ccc(-c2ccccc2SC)cc1. The smallest absolute Gasteiger partial charge is 0.0148 e. The van der Waals surface area contributed by atoms with E-state index in [-0.39, 0.29) is 0 Å². The zero-order chi connectivity index (χ0) is 11.4. The highest BCUT2D eigenvalue weighted by Gasteiger charge is 2.02. The third-order valence-electron chi connectivity index (χ3n) is 2.56. The van der Waals surface area contributed by atoms with Crippen LogP contribution in [0.4, 0.5) is 0 Å². The molecule has 0 fully saturated rings. The molecule has 0 saturated carbocycles. The number of hydrogen-bond donors (Lipinski definition) is 0. The lowest BCUT2D eigenvalue weighted by Crippen LogP contribution is -1.81. The van der Waals surface area contributed by atoms with Gasteiger partial charge in [0.1, 0.15) is 0 Å². The fraction of sp³-hybridized carbons (Fsp3) is 0.0667. The molecule has 0 aliphatic rings. The summed E-state index contributed by atoms with van der Waals surface area (Å²) in [5.74, 6) is 0. The summed E-state index contributed by atoms with van der Waals surface area (Å²) in [5.41, 5.74) is 3.71. The van der Waals surface area contributed by atoms with Gasteiger partial charge in [0.15, 0.2) is 0 Å². The summed E-state index contributed by atoms with van der Waals surface area (Å²) in [5, 5.41) is 0. The van der Waals surface area contributed by atoms with E-state index in [1.807, 2.05) is 6.08 Å². The lowest BCUT2D eigenvalue weighted by atomic mass is 10.0. The van der Waals surface area contributed by atoms with Crippen LogP contribution in [0.25, 0.3) is 17.2 Å². The molecular formula is C15H14S. The first-order chi connectivity index (χ1) is 7.85. The molecule has 1 heteroatoms. The van der Waals surface area contributed by atoms with E-state index in [2.05, 4.69) is 61.4 Å². The van der Waals surface area contributed by atoms with Gasteiger partial charge in [-0.1, -0.05) is 55.1 Å². The molecular weight excluding hydrogens is 212 g/mol. The maximum absolute atomic E-state index is 3.76. The van der Waals surface area contributed by atoms with Gasteiger partial charge in [-0.25, -0.2) is 0 Å². The Kier molecular flexibility index (Phi) is 3.47. The average Bonchev–Trinajstić information content (AvgIpc) is 2.39. The highest BCUT2D eigenvalue weighted by molar-refractivity contribution is 7.98. The highest BCUT2D eigenvalue weighted by atomic mass is 32.2. The summed E-state index contributed by atoms with van der Waals surface area (Å²) in [6.07, 6.45) is 3.97. The van der Waals surface area contributed by atoms with Crippen molar-refractivity contribution < 1.29 is 0 Å². The molecule has 0 atom stereocenters. The quantitative estimate of drug-likeness (QED) is 0.682. The van der Waals surface area contributed by atoms with E-state index in [0.717, 1.165) is 5.56 Å². The number of rotatable bonds is 3. The first kappa shape index (κ1) is 11.0. The van der Waals surface area contributed by atoms with Crippen LogP contribution in [0.15, 0.2) is 60.0 Å². The molecule has 2 aromatic rings. The van der Waals surface area contributed by atoms with Crippen molar-refractivity contribution in [1.82, 2.24) is 0 Å². The normalized spacial score (nSPS) is 10.1. The van der Waals surface area contributed by atoms with E-state index in [0.29, 0.717) is 0 Å². The largest absolute Gasteiger partial charge is 0.129 e. The van der Waals surface area contributed by atoms with Crippen molar-refractivity contribution in [2.45, 2.75) is 4.90 Å². The molecule has 16 heavy (non-hydrogen) atoms. The summed E-state index contributed by atoms with van der Waals surface area (Å²) in [7, 11) is 0. The van der Waals surface area contributed by atoms with Gasteiger partial charge in [-0.05, 0) is 29.0 Å². The first-order valence-electron chi connectivity index (χ1n) is 5.21. The maximum Gasteiger partial charge on any atom is 0.0148 e. The number of hydrogen-bond acceptors (Lipinski definition) is 1. The lowest BCUT2D eigenvalue weighted by Gasteiger charge is -2.07. The molecule has 0 nitrogen and oxygen atoms in total. The van der Waals surface area contributed by atoms with Crippen LogP contribution < -0.4 is 0 Å². The van der Waals surface area contributed by atoms with Crippen LogP contribution >= 0.6 is 11.8 Å². The number of benzene rings is 2. The Hall–Kier alpha value is -1.47. The molecule has 2 rings (SSSR count). The predicted molar refractivity (Wildman–Crippen MR) is 73.8 cm³/mol. The predicted octanol–water partition coefficient (Wildman–Crippen LogP) is 4.72.